The number of carbonyl (C=O) groups excluding carboxylic acids is 1. The maximum atomic E-state index is 12.5. The molecule has 0 radical (unpaired) electrons. The van der Waals surface area contributed by atoms with Crippen molar-refractivity contribution in [2.24, 2.45) is 0 Å². The summed E-state index contributed by atoms with van der Waals surface area (Å²) >= 11 is 0. The van der Waals surface area contributed by atoms with Crippen molar-refractivity contribution in [3.63, 3.8) is 0 Å². The maximum absolute atomic E-state index is 12.5. The summed E-state index contributed by atoms with van der Waals surface area (Å²) in [6, 6.07) is 2.22. The number of carbonyl (C=O) groups is 1. The molecule has 0 bridgehead atoms. The highest BCUT2D eigenvalue weighted by Crippen LogP contribution is 2.29. The molecule has 0 atom stereocenters. The lowest BCUT2D eigenvalue weighted by atomic mass is 10.2. The van der Waals surface area contributed by atoms with Gasteiger partial charge in [0.05, 0.1) is 20.6 Å². The minimum absolute atomic E-state index is 0. The second-order valence-corrected chi connectivity index (χ2v) is 24.1. The van der Waals surface area contributed by atoms with Gasteiger partial charge in [-0.2, -0.15) is 0 Å². The van der Waals surface area contributed by atoms with Crippen molar-refractivity contribution in [3.05, 3.63) is 0 Å². The van der Waals surface area contributed by atoms with Crippen LogP contribution < -0.4 is 22.6 Å². The van der Waals surface area contributed by atoms with E-state index in [1.54, 1.807) is 0 Å². The fourth-order valence-electron chi connectivity index (χ4n) is 3.65. The summed E-state index contributed by atoms with van der Waals surface area (Å²) < 4.78 is 31.8. The Labute approximate surface area is 202 Å². The summed E-state index contributed by atoms with van der Waals surface area (Å²) in [5, 5.41) is 3.05. The van der Waals surface area contributed by atoms with Crippen LogP contribution in [-0.4, -0.2) is 67.1 Å². The predicted molar refractivity (Wildman–Crippen MR) is 132 cm³/mol. The molecule has 0 saturated carbocycles. The molecule has 1 amide bonds. The van der Waals surface area contributed by atoms with Crippen LogP contribution >= 0.6 is 0 Å². The summed E-state index contributed by atoms with van der Waals surface area (Å²) in [4.78, 5) is 13.6. The summed E-state index contributed by atoms with van der Waals surface area (Å²) in [5.41, 5.74) is 1.30. The zero-order valence-electron chi connectivity index (χ0n) is 21.0. The molecule has 2 N–H and O–H groups in total. The van der Waals surface area contributed by atoms with E-state index in [0.717, 1.165) is 38.3 Å². The Bertz CT molecular complexity index is 528. The molecule has 0 aliphatic carbocycles. The molecule has 0 heterocycles. The largest absolute Gasteiger partial charge is 1.00 e. The van der Waals surface area contributed by atoms with Gasteiger partial charge in [0.15, 0.2) is 16.6 Å². The maximum Gasteiger partial charge on any atom is 0.275 e. The monoisotopic (exact) mass is 526 g/mol. The molecule has 0 unspecified atom stereocenters. The van der Waals surface area contributed by atoms with Gasteiger partial charge in [-0.3, -0.25) is 4.79 Å². The highest BCUT2D eigenvalue weighted by Gasteiger charge is 2.42. The van der Waals surface area contributed by atoms with Crippen LogP contribution in [0.5, 0.6) is 0 Å². The number of quaternary nitrogens is 1. The number of hydrogen-bond acceptors (Lipinski definition) is 4. The normalized spacial score (nSPS) is 11.9. The van der Waals surface area contributed by atoms with Gasteiger partial charge in [-0.15, -0.1) is 0 Å². The third kappa shape index (κ3) is 18.3. The van der Waals surface area contributed by atoms with Crippen LogP contribution in [0, 0.1) is 0 Å². The Morgan fingerprint density at radius 2 is 1.48 bits per heavy atom. The molecule has 0 rings (SSSR count). The van der Waals surface area contributed by atoms with Gasteiger partial charge >= 0.3 is 0 Å². The van der Waals surface area contributed by atoms with E-state index in [9.17, 15) is 13.7 Å². The Balaban J connectivity index is 0. The van der Waals surface area contributed by atoms with Crippen molar-refractivity contribution in [1.29, 1.82) is 0 Å². The summed E-state index contributed by atoms with van der Waals surface area (Å²) in [5.74, 6) is 0.120. The molecule has 0 aliphatic heterocycles. The van der Waals surface area contributed by atoms with Gasteiger partial charge in [-0.05, 0) is 63.5 Å². The Morgan fingerprint density at radius 3 is 1.94 bits per heavy atom. The lowest BCUT2D eigenvalue weighted by molar-refractivity contribution is -0.858. The fourth-order valence-corrected chi connectivity index (χ4v) is 22.7. The smallest absolute Gasteiger partial charge is 0.275 e. The number of nitrogens with one attached hydrogen (secondary N) is 2. The molecular weight excluding hydrogens is 480 g/mol. The minimum atomic E-state index is -2.34. The Morgan fingerprint density at radius 1 is 0.935 bits per heavy atom. The lowest BCUT2D eigenvalue weighted by Crippen LogP contribution is -3.05. The van der Waals surface area contributed by atoms with Crippen LogP contribution in [0.15, 0.2) is 0 Å². The van der Waals surface area contributed by atoms with Crippen molar-refractivity contribution in [1.82, 2.24) is 5.32 Å². The number of halogens is 1. The van der Waals surface area contributed by atoms with Gasteiger partial charge in [0, 0.05) is 24.3 Å². The number of rotatable bonds is 18. The van der Waals surface area contributed by atoms with E-state index in [2.05, 4.69) is 39.1 Å². The van der Waals surface area contributed by atoms with Gasteiger partial charge < -0.3 is 35.7 Å². The molecule has 0 aliphatic rings. The van der Waals surface area contributed by atoms with Crippen LogP contribution in [0.2, 0.25) is 49.1 Å². The minimum Gasteiger partial charge on any atom is -1.00 e. The lowest BCUT2D eigenvalue weighted by Gasteiger charge is -2.37. The summed E-state index contributed by atoms with van der Waals surface area (Å²) in [7, 11) is -3.26. The topological polar surface area (TPSA) is 76.9 Å². The van der Waals surface area contributed by atoms with Crippen molar-refractivity contribution in [3.8, 4) is 0 Å². The van der Waals surface area contributed by atoms with Crippen LogP contribution in [0.3, 0.4) is 0 Å². The molecule has 11 heteroatoms. The Kier molecular flexibility index (Phi) is 18.9. The third-order valence-electron chi connectivity index (χ3n) is 5.06. The quantitative estimate of drug-likeness (QED) is 0.194. The van der Waals surface area contributed by atoms with E-state index in [1.807, 2.05) is 13.8 Å². The van der Waals surface area contributed by atoms with E-state index >= 15 is 0 Å². The molecule has 0 saturated heterocycles. The second kappa shape index (κ2) is 17.6. The third-order valence-corrected chi connectivity index (χ3v) is 20.4. The zero-order valence-corrected chi connectivity index (χ0v) is 25.8. The standard InChI is InChI=1S/C20H46N2O4Si4.ClH/c1-8-27(24)18-30(19-28(25)9-2,26-29(5,6)7)17-13-15-21-20(23)14-11-10-12-16-22(3)4;/h8-19H2,1-7H3,(H,21,23);1H. The SMILES string of the molecule is CC[Si](=O)C[Si](CCCNC(=O)CCCCC[NH+](C)C)(C[Si](=O)CC)O[Si](C)(C)C.[Cl-]. The average molecular weight is 527 g/mol. The molecule has 0 aromatic rings. The van der Waals surface area contributed by atoms with Crippen LogP contribution in [0.25, 0.3) is 0 Å². The molecular formula is C20H47ClN2O4Si4. The first kappa shape index (κ1) is 33.3. The van der Waals surface area contributed by atoms with Crippen molar-refractivity contribution in [2.45, 2.75) is 95.1 Å². The van der Waals surface area contributed by atoms with E-state index < -0.39 is 34.0 Å². The van der Waals surface area contributed by atoms with Gasteiger partial charge in [0.1, 0.15) is 0 Å². The van der Waals surface area contributed by atoms with Gasteiger partial charge in [0.25, 0.3) is 17.4 Å². The van der Waals surface area contributed by atoms with Crippen LogP contribution in [0.4, 0.5) is 0 Å². The Hall–Kier alpha value is 0.148. The molecule has 0 aromatic heterocycles. The molecule has 0 spiro atoms. The first-order valence-corrected chi connectivity index (χ1v) is 21.3. The average Bonchev–Trinajstić information content (AvgIpc) is 2.63. The molecule has 0 fully saturated rings. The van der Waals surface area contributed by atoms with Crippen molar-refractivity contribution >= 4 is 39.9 Å². The van der Waals surface area contributed by atoms with E-state index in [1.165, 1.54) is 4.90 Å². The molecule has 31 heavy (non-hydrogen) atoms. The van der Waals surface area contributed by atoms with E-state index in [-0.39, 0.29) is 18.3 Å². The molecule has 0 aromatic carbocycles. The van der Waals surface area contributed by atoms with Crippen molar-refractivity contribution < 1.29 is 35.1 Å². The molecule has 6 nitrogen and oxygen atoms in total. The molecule has 184 valence electrons. The van der Waals surface area contributed by atoms with E-state index in [0.29, 0.717) is 36.4 Å². The summed E-state index contributed by atoms with van der Waals surface area (Å²) in [6.07, 6.45) is 4.60. The summed E-state index contributed by atoms with van der Waals surface area (Å²) in [6.45, 7) is 12.2. The van der Waals surface area contributed by atoms with Crippen LogP contribution in [-0.2, 0) is 17.8 Å². The number of unbranched alkanes of at least 4 members (excludes halogenated alkanes) is 2. The fraction of sp³-hybridized carbons (Fsp3) is 0.950. The van der Waals surface area contributed by atoms with Gasteiger partial charge in [0.2, 0.25) is 5.91 Å². The van der Waals surface area contributed by atoms with Gasteiger partial charge in [-0.25, -0.2) is 0 Å². The highest BCUT2D eigenvalue weighted by molar-refractivity contribution is 6.94. The highest BCUT2D eigenvalue weighted by atomic mass is 35.5. The predicted octanol–water partition coefficient (Wildman–Crippen LogP) is -0.0392. The van der Waals surface area contributed by atoms with Gasteiger partial charge in [-0.1, -0.05) is 13.8 Å². The zero-order chi connectivity index (χ0) is 23.2. The number of amides is 1. The van der Waals surface area contributed by atoms with E-state index in [4.69, 9.17) is 4.12 Å². The van der Waals surface area contributed by atoms with Crippen LogP contribution in [0.1, 0.15) is 46.0 Å². The first-order valence-electron chi connectivity index (χ1n) is 11.7. The number of hydrogen-bond donors (Lipinski definition) is 2. The van der Waals surface area contributed by atoms with Crippen molar-refractivity contribution in [2.75, 3.05) is 27.2 Å². The first-order chi connectivity index (χ1) is 13.9. The second-order valence-electron chi connectivity index (χ2n) is 9.76.